The third-order valence-electron chi connectivity index (χ3n) is 4.87. The predicted molar refractivity (Wildman–Crippen MR) is 104 cm³/mol. The molecule has 0 aromatic heterocycles. The van der Waals surface area contributed by atoms with Crippen molar-refractivity contribution < 1.29 is 19.1 Å². The molecule has 0 bridgehead atoms. The first kappa shape index (κ1) is 19.4. The average molecular weight is 381 g/mol. The predicted octanol–water partition coefficient (Wildman–Crippen LogP) is 2.09. The van der Waals surface area contributed by atoms with Crippen LogP contribution in [0.5, 0.6) is 5.75 Å². The molecule has 1 fully saturated rings. The van der Waals surface area contributed by atoms with Crippen LogP contribution in [-0.2, 0) is 21.7 Å². The number of para-hydroxylation sites is 1. The highest BCUT2D eigenvalue weighted by Gasteiger charge is 2.49. The molecule has 7 heteroatoms. The Morgan fingerprint density at radius 3 is 2.50 bits per heavy atom. The summed E-state index contributed by atoms with van der Waals surface area (Å²) in [5, 5.41) is 5.42. The van der Waals surface area contributed by atoms with Crippen LogP contribution in [-0.4, -0.2) is 36.4 Å². The normalized spacial score (nSPS) is 18.8. The van der Waals surface area contributed by atoms with E-state index >= 15 is 0 Å². The lowest BCUT2D eigenvalue weighted by Crippen LogP contribution is -2.43. The Morgan fingerprint density at radius 2 is 1.82 bits per heavy atom. The minimum atomic E-state index is -1.19. The molecule has 1 saturated heterocycles. The van der Waals surface area contributed by atoms with E-state index in [4.69, 9.17) is 4.74 Å². The number of nitrogens with one attached hydrogen (secondary N) is 2. The summed E-state index contributed by atoms with van der Waals surface area (Å²) in [6, 6.07) is 14.1. The fourth-order valence-corrected chi connectivity index (χ4v) is 3.17. The Hall–Kier alpha value is -3.35. The summed E-state index contributed by atoms with van der Waals surface area (Å²) >= 11 is 0. The fraction of sp³-hybridized carbons (Fsp3) is 0.286. The summed E-state index contributed by atoms with van der Waals surface area (Å²) in [4.78, 5) is 38.5. The summed E-state index contributed by atoms with van der Waals surface area (Å²) in [5.74, 6) is -0.221. The van der Waals surface area contributed by atoms with Crippen molar-refractivity contribution in [3.05, 3.63) is 65.2 Å². The third-order valence-corrected chi connectivity index (χ3v) is 4.87. The molecule has 1 atom stereocenters. The van der Waals surface area contributed by atoms with Crippen LogP contribution in [0.4, 0.5) is 4.79 Å². The van der Waals surface area contributed by atoms with Gasteiger partial charge in [0.05, 0.1) is 7.11 Å². The SMILES string of the molecule is COc1ccccc1CNC(=O)CN1C(=O)N[C@](C)(c2ccc(C)cc2)C1=O. The van der Waals surface area contributed by atoms with Crippen LogP contribution < -0.4 is 15.4 Å². The standard InChI is InChI=1S/C21H23N3O4/c1-14-8-10-16(11-9-14)21(2)19(26)24(20(27)23-21)13-18(25)22-12-15-6-4-5-7-17(15)28-3/h4-11H,12-13H2,1-3H3,(H,22,25)(H,23,27)/t21-/m1/s1. The van der Waals surface area contributed by atoms with Gasteiger partial charge in [-0.15, -0.1) is 0 Å². The Kier molecular flexibility index (Phi) is 5.35. The van der Waals surface area contributed by atoms with Gasteiger partial charge >= 0.3 is 6.03 Å². The van der Waals surface area contributed by atoms with Gasteiger partial charge in [-0.3, -0.25) is 14.5 Å². The fourth-order valence-electron chi connectivity index (χ4n) is 3.17. The van der Waals surface area contributed by atoms with Crippen LogP contribution in [0.1, 0.15) is 23.6 Å². The van der Waals surface area contributed by atoms with Crippen LogP contribution in [0.3, 0.4) is 0 Å². The van der Waals surface area contributed by atoms with E-state index in [-0.39, 0.29) is 13.1 Å². The molecule has 0 radical (unpaired) electrons. The quantitative estimate of drug-likeness (QED) is 0.750. The van der Waals surface area contributed by atoms with Gasteiger partial charge < -0.3 is 15.4 Å². The number of imide groups is 1. The zero-order chi connectivity index (χ0) is 20.3. The largest absolute Gasteiger partial charge is 0.496 e. The number of aryl methyl sites for hydroxylation is 1. The minimum absolute atomic E-state index is 0.238. The van der Waals surface area contributed by atoms with Crippen LogP contribution in [0.15, 0.2) is 48.5 Å². The second-order valence-corrected chi connectivity index (χ2v) is 6.90. The monoisotopic (exact) mass is 381 g/mol. The van der Waals surface area contributed by atoms with Crippen molar-refractivity contribution in [3.8, 4) is 5.75 Å². The van der Waals surface area contributed by atoms with Crippen LogP contribution in [0, 0.1) is 6.92 Å². The van der Waals surface area contributed by atoms with Crippen LogP contribution in [0.2, 0.25) is 0 Å². The number of rotatable bonds is 6. The molecule has 0 saturated carbocycles. The van der Waals surface area contributed by atoms with Gasteiger partial charge in [0, 0.05) is 12.1 Å². The maximum Gasteiger partial charge on any atom is 0.325 e. The summed E-state index contributed by atoms with van der Waals surface area (Å²) in [6.07, 6.45) is 0. The Morgan fingerprint density at radius 1 is 1.14 bits per heavy atom. The lowest BCUT2D eigenvalue weighted by Gasteiger charge is -2.22. The molecule has 146 valence electrons. The van der Waals surface area contributed by atoms with E-state index in [0.29, 0.717) is 11.3 Å². The summed E-state index contributed by atoms with van der Waals surface area (Å²) in [5.41, 5.74) is 1.35. The van der Waals surface area contributed by atoms with Crippen molar-refractivity contribution in [2.75, 3.05) is 13.7 Å². The van der Waals surface area contributed by atoms with Crippen molar-refractivity contribution in [2.45, 2.75) is 25.9 Å². The zero-order valence-electron chi connectivity index (χ0n) is 16.1. The second kappa shape index (κ2) is 7.72. The number of amides is 4. The number of ether oxygens (including phenoxy) is 1. The molecule has 28 heavy (non-hydrogen) atoms. The molecule has 1 aliphatic rings. The van der Waals surface area contributed by atoms with E-state index in [1.807, 2.05) is 37.3 Å². The van der Waals surface area contributed by atoms with Gasteiger partial charge in [-0.2, -0.15) is 0 Å². The Labute approximate surface area is 163 Å². The van der Waals surface area contributed by atoms with Crippen molar-refractivity contribution in [2.24, 2.45) is 0 Å². The number of benzene rings is 2. The minimum Gasteiger partial charge on any atom is -0.496 e. The van der Waals surface area contributed by atoms with Crippen molar-refractivity contribution in [1.82, 2.24) is 15.5 Å². The molecule has 3 rings (SSSR count). The first-order valence-electron chi connectivity index (χ1n) is 8.95. The highest BCUT2D eigenvalue weighted by atomic mass is 16.5. The maximum atomic E-state index is 12.9. The molecule has 1 aliphatic heterocycles. The molecule has 7 nitrogen and oxygen atoms in total. The molecule has 2 N–H and O–H groups in total. The maximum absolute atomic E-state index is 12.9. The zero-order valence-corrected chi connectivity index (χ0v) is 16.1. The number of methoxy groups -OCH3 is 1. The first-order valence-corrected chi connectivity index (χ1v) is 8.95. The van der Waals surface area contributed by atoms with E-state index in [1.165, 1.54) is 0 Å². The van der Waals surface area contributed by atoms with Gasteiger partial charge in [0.15, 0.2) is 0 Å². The Bertz CT molecular complexity index is 910. The molecule has 0 unspecified atom stereocenters. The first-order chi connectivity index (χ1) is 13.3. The smallest absolute Gasteiger partial charge is 0.325 e. The molecule has 4 amide bonds. The van der Waals surface area contributed by atoms with Crippen molar-refractivity contribution in [1.29, 1.82) is 0 Å². The molecule has 1 heterocycles. The van der Waals surface area contributed by atoms with Gasteiger partial charge in [-0.05, 0) is 25.5 Å². The topological polar surface area (TPSA) is 87.7 Å². The van der Waals surface area contributed by atoms with Crippen molar-refractivity contribution >= 4 is 17.8 Å². The summed E-state index contributed by atoms with van der Waals surface area (Å²) < 4.78 is 5.25. The van der Waals surface area contributed by atoms with E-state index in [1.54, 1.807) is 32.2 Å². The molecule has 2 aromatic rings. The second-order valence-electron chi connectivity index (χ2n) is 6.90. The van der Waals surface area contributed by atoms with E-state index in [0.717, 1.165) is 16.0 Å². The van der Waals surface area contributed by atoms with Gasteiger partial charge in [0.1, 0.15) is 17.8 Å². The molecular formula is C21H23N3O4. The summed E-state index contributed by atoms with van der Waals surface area (Å²) in [7, 11) is 1.56. The Balaban J connectivity index is 1.67. The van der Waals surface area contributed by atoms with Crippen LogP contribution in [0.25, 0.3) is 0 Å². The lowest BCUT2D eigenvalue weighted by atomic mass is 9.91. The molecule has 2 aromatic carbocycles. The number of hydrogen-bond donors (Lipinski definition) is 2. The van der Waals surface area contributed by atoms with Crippen LogP contribution >= 0.6 is 0 Å². The van der Waals surface area contributed by atoms with E-state index < -0.39 is 23.4 Å². The lowest BCUT2D eigenvalue weighted by molar-refractivity contribution is -0.134. The average Bonchev–Trinajstić information content (AvgIpc) is 2.91. The van der Waals surface area contributed by atoms with Gasteiger partial charge in [-0.1, -0.05) is 48.0 Å². The number of nitrogens with zero attached hydrogens (tertiary/aromatic N) is 1. The van der Waals surface area contributed by atoms with E-state index in [2.05, 4.69) is 10.6 Å². The molecular weight excluding hydrogens is 358 g/mol. The van der Waals surface area contributed by atoms with E-state index in [9.17, 15) is 14.4 Å². The number of carbonyl (C=O) groups is 3. The van der Waals surface area contributed by atoms with Gasteiger partial charge in [0.25, 0.3) is 5.91 Å². The van der Waals surface area contributed by atoms with Gasteiger partial charge in [0.2, 0.25) is 5.91 Å². The molecule has 0 spiro atoms. The summed E-state index contributed by atoms with van der Waals surface area (Å²) in [6.45, 7) is 3.48. The number of hydrogen-bond acceptors (Lipinski definition) is 4. The van der Waals surface area contributed by atoms with Gasteiger partial charge in [-0.25, -0.2) is 4.79 Å². The molecule has 0 aliphatic carbocycles. The number of carbonyl (C=O) groups excluding carboxylic acids is 3. The van der Waals surface area contributed by atoms with Crippen molar-refractivity contribution in [3.63, 3.8) is 0 Å². The highest BCUT2D eigenvalue weighted by Crippen LogP contribution is 2.28. The number of urea groups is 1. The third kappa shape index (κ3) is 3.69. The highest BCUT2D eigenvalue weighted by molar-refractivity contribution is 6.09.